The molecule has 0 unspecified atom stereocenters. The van der Waals surface area contributed by atoms with Crippen LogP contribution < -0.4 is 10.1 Å². The summed E-state index contributed by atoms with van der Waals surface area (Å²) >= 11 is 6.59. The van der Waals surface area contributed by atoms with Crippen LogP contribution in [0.15, 0.2) is 61.2 Å². The van der Waals surface area contributed by atoms with E-state index in [1.54, 1.807) is 12.1 Å². The van der Waals surface area contributed by atoms with Crippen LogP contribution in [0.25, 0.3) is 21.8 Å². The lowest BCUT2D eigenvalue weighted by atomic mass is 10.1. The number of rotatable bonds is 6. The van der Waals surface area contributed by atoms with Crippen LogP contribution in [-0.4, -0.2) is 35.9 Å². The number of hydrogen-bond donors (Lipinski definition) is 3. The van der Waals surface area contributed by atoms with Crippen LogP contribution in [0.5, 0.6) is 17.4 Å². The number of nitrogens with one attached hydrogen (secondary N) is 1. The fourth-order valence-electron chi connectivity index (χ4n) is 4.13. The van der Waals surface area contributed by atoms with Gasteiger partial charge in [0.2, 0.25) is 0 Å². The van der Waals surface area contributed by atoms with Gasteiger partial charge in [-0.25, -0.2) is 9.97 Å². The van der Waals surface area contributed by atoms with E-state index >= 15 is 0 Å². The number of aliphatic hydroxyl groups is 1. The Balaban J connectivity index is 1.45. The molecule has 3 aromatic heterocycles. The number of hydrogen-bond acceptors (Lipinski definition) is 6. The number of benzene rings is 2. The second kappa shape index (κ2) is 8.79. The highest BCUT2D eigenvalue weighted by Crippen LogP contribution is 2.40. The summed E-state index contributed by atoms with van der Waals surface area (Å²) in [5.74, 6) is 1.90. The molecule has 0 radical (unpaired) electrons. The largest absolute Gasteiger partial charge is 0.494 e. The van der Waals surface area contributed by atoms with Crippen LogP contribution in [0.4, 0.5) is 11.5 Å². The second-order valence-electron chi connectivity index (χ2n) is 9.27. The molecule has 0 aliphatic rings. The average molecular weight is 492 g/mol. The molecular weight excluding hydrogens is 466 g/mol. The normalized spacial score (nSPS) is 11.9. The van der Waals surface area contributed by atoms with Crippen molar-refractivity contribution >= 4 is 44.9 Å². The molecular formula is C26H26ClN5O3. The molecule has 0 aliphatic carbocycles. The first-order chi connectivity index (χ1) is 16.8. The number of fused-ring (bicyclic) bond motifs is 2. The number of nitrogens with zero attached hydrogens (tertiary/aromatic N) is 4. The van der Waals surface area contributed by atoms with Gasteiger partial charge in [-0.3, -0.25) is 0 Å². The molecule has 0 fully saturated rings. The predicted octanol–water partition coefficient (Wildman–Crippen LogP) is 6.03. The molecule has 0 spiro atoms. The highest BCUT2D eigenvalue weighted by molar-refractivity contribution is 6.32. The average Bonchev–Trinajstić information content (AvgIpc) is 3.38. The fraction of sp³-hybridized carbons (Fsp3) is 0.231. The molecule has 0 atom stereocenters. The summed E-state index contributed by atoms with van der Waals surface area (Å²) in [6, 6.07) is 12.8. The van der Waals surface area contributed by atoms with E-state index in [2.05, 4.69) is 15.3 Å². The van der Waals surface area contributed by atoms with E-state index < -0.39 is 0 Å². The Kier molecular flexibility index (Phi) is 5.78. The van der Waals surface area contributed by atoms with Gasteiger partial charge < -0.3 is 29.4 Å². The Morgan fingerprint density at radius 3 is 2.63 bits per heavy atom. The van der Waals surface area contributed by atoms with E-state index in [9.17, 15) is 10.2 Å². The molecule has 0 saturated carbocycles. The van der Waals surface area contributed by atoms with Gasteiger partial charge in [-0.1, -0.05) is 17.7 Å². The number of ether oxygens (including phenoxy) is 1. The van der Waals surface area contributed by atoms with Crippen LogP contribution in [0.2, 0.25) is 5.02 Å². The van der Waals surface area contributed by atoms with E-state index in [0.29, 0.717) is 34.3 Å². The second-order valence-corrected chi connectivity index (χ2v) is 9.68. The Bertz CT molecular complexity index is 1530. The van der Waals surface area contributed by atoms with Gasteiger partial charge in [0, 0.05) is 40.9 Å². The molecule has 8 nitrogen and oxygen atoms in total. The van der Waals surface area contributed by atoms with Crippen molar-refractivity contribution in [1.29, 1.82) is 0 Å². The molecule has 180 valence electrons. The van der Waals surface area contributed by atoms with Gasteiger partial charge in [-0.15, -0.1) is 0 Å². The summed E-state index contributed by atoms with van der Waals surface area (Å²) < 4.78 is 9.90. The van der Waals surface area contributed by atoms with Crippen molar-refractivity contribution in [3.05, 3.63) is 66.2 Å². The summed E-state index contributed by atoms with van der Waals surface area (Å²) in [6.07, 6.45) is 5.26. The monoisotopic (exact) mass is 491 g/mol. The van der Waals surface area contributed by atoms with Crippen molar-refractivity contribution in [1.82, 2.24) is 19.1 Å². The summed E-state index contributed by atoms with van der Waals surface area (Å²) in [5.41, 5.74) is 2.02. The Morgan fingerprint density at radius 1 is 1.06 bits per heavy atom. The zero-order valence-corrected chi connectivity index (χ0v) is 20.4. The maximum absolute atomic E-state index is 10.7. The van der Waals surface area contributed by atoms with Gasteiger partial charge >= 0.3 is 0 Å². The third-order valence-corrected chi connectivity index (χ3v) is 6.12. The van der Waals surface area contributed by atoms with E-state index in [1.165, 1.54) is 6.33 Å². The van der Waals surface area contributed by atoms with Crippen molar-refractivity contribution in [2.24, 2.45) is 0 Å². The number of aromatic nitrogens is 4. The first-order valence-electron chi connectivity index (χ1n) is 11.2. The molecule has 9 heteroatoms. The topological polar surface area (TPSA) is 97.4 Å². The lowest BCUT2D eigenvalue weighted by molar-refractivity contribution is 0.278. The van der Waals surface area contributed by atoms with Crippen LogP contribution in [0.1, 0.15) is 20.8 Å². The standard InChI is InChI=1S/C26H26ClN5O3/c1-26(2,3)32-14-18-17(25(32)34)5-4-6-21(18)35-22-8-7-16(13-19(22)27)30-24-23-20(28-15-29-24)9-10-31(23)11-12-33/h4-10,13-15,33-34H,11-12H2,1-3H3,(H,28,29,30). The van der Waals surface area contributed by atoms with Crippen molar-refractivity contribution in [3.63, 3.8) is 0 Å². The fourth-order valence-corrected chi connectivity index (χ4v) is 4.35. The Hall–Kier alpha value is -3.75. The van der Waals surface area contributed by atoms with Gasteiger partial charge in [-0.2, -0.15) is 0 Å². The van der Waals surface area contributed by atoms with Crippen LogP contribution in [0, 0.1) is 0 Å². The maximum atomic E-state index is 10.7. The number of aromatic hydroxyl groups is 1. The van der Waals surface area contributed by atoms with Gasteiger partial charge in [0.25, 0.3) is 0 Å². The SMILES string of the molecule is CC(C)(C)n1cc2c(Oc3ccc(Nc4ncnc5ccn(CCO)c45)cc3Cl)cccc2c1O. The van der Waals surface area contributed by atoms with Gasteiger partial charge in [0.05, 0.1) is 17.1 Å². The highest BCUT2D eigenvalue weighted by atomic mass is 35.5. The van der Waals surface area contributed by atoms with E-state index in [1.807, 2.05) is 72.6 Å². The molecule has 5 rings (SSSR count). The lowest BCUT2D eigenvalue weighted by Gasteiger charge is -2.21. The number of anilines is 2. The summed E-state index contributed by atoms with van der Waals surface area (Å²) in [7, 11) is 0. The highest BCUT2D eigenvalue weighted by Gasteiger charge is 2.21. The number of halogens is 1. The third kappa shape index (κ3) is 4.26. The van der Waals surface area contributed by atoms with Gasteiger partial charge in [-0.05, 0) is 57.2 Å². The quantitative estimate of drug-likeness (QED) is 0.268. The molecule has 35 heavy (non-hydrogen) atoms. The smallest absolute Gasteiger partial charge is 0.199 e. The van der Waals surface area contributed by atoms with E-state index in [-0.39, 0.29) is 18.0 Å². The minimum absolute atomic E-state index is 0.0135. The van der Waals surface area contributed by atoms with Crippen molar-refractivity contribution in [3.8, 4) is 17.4 Å². The predicted molar refractivity (Wildman–Crippen MR) is 138 cm³/mol. The lowest BCUT2D eigenvalue weighted by Crippen LogP contribution is -2.19. The van der Waals surface area contributed by atoms with Crippen molar-refractivity contribution in [2.45, 2.75) is 32.9 Å². The first kappa shape index (κ1) is 23.0. The van der Waals surface area contributed by atoms with Crippen molar-refractivity contribution in [2.75, 3.05) is 11.9 Å². The van der Waals surface area contributed by atoms with Crippen LogP contribution in [0.3, 0.4) is 0 Å². The Labute approximate surface area is 207 Å². The molecule has 5 aromatic rings. The van der Waals surface area contributed by atoms with Crippen LogP contribution in [-0.2, 0) is 12.1 Å². The minimum atomic E-state index is -0.283. The molecule has 3 heterocycles. The minimum Gasteiger partial charge on any atom is -0.494 e. The van der Waals surface area contributed by atoms with E-state index in [4.69, 9.17) is 16.3 Å². The van der Waals surface area contributed by atoms with Crippen LogP contribution >= 0.6 is 11.6 Å². The zero-order valence-electron chi connectivity index (χ0n) is 19.7. The summed E-state index contributed by atoms with van der Waals surface area (Å²) in [4.78, 5) is 8.67. The molecule has 0 saturated heterocycles. The maximum Gasteiger partial charge on any atom is 0.199 e. The molecule has 3 N–H and O–H groups in total. The van der Waals surface area contributed by atoms with Gasteiger partial charge in [0.1, 0.15) is 23.3 Å². The van der Waals surface area contributed by atoms with Crippen molar-refractivity contribution < 1.29 is 14.9 Å². The zero-order chi connectivity index (χ0) is 24.7. The molecule has 0 aliphatic heterocycles. The third-order valence-electron chi connectivity index (χ3n) is 5.82. The summed E-state index contributed by atoms with van der Waals surface area (Å²) in [5, 5.41) is 25.3. The molecule has 0 bridgehead atoms. The summed E-state index contributed by atoms with van der Waals surface area (Å²) in [6.45, 7) is 6.54. The Morgan fingerprint density at radius 2 is 1.89 bits per heavy atom. The first-order valence-corrected chi connectivity index (χ1v) is 11.6. The molecule has 2 aromatic carbocycles. The van der Waals surface area contributed by atoms with Gasteiger partial charge in [0.15, 0.2) is 11.7 Å². The van der Waals surface area contributed by atoms with E-state index in [0.717, 1.165) is 22.1 Å². The number of aliphatic hydroxyl groups excluding tert-OH is 1. The molecule has 0 amide bonds.